The lowest BCUT2D eigenvalue weighted by molar-refractivity contribution is -0.130. The number of amides is 5. The lowest BCUT2D eigenvalue weighted by Crippen LogP contribution is -2.50. The van der Waals surface area contributed by atoms with Gasteiger partial charge in [-0.2, -0.15) is 0 Å². The maximum Gasteiger partial charge on any atom is 0.324 e. The summed E-state index contributed by atoms with van der Waals surface area (Å²) in [6, 6.07) is -0.232. The predicted molar refractivity (Wildman–Crippen MR) is 116 cm³/mol. The molecule has 29 heavy (non-hydrogen) atoms. The van der Waals surface area contributed by atoms with Crippen LogP contribution in [-0.2, 0) is 4.79 Å². The van der Waals surface area contributed by atoms with Crippen molar-refractivity contribution < 1.29 is 14.4 Å². The maximum absolute atomic E-state index is 12.8. The Morgan fingerprint density at radius 1 is 1.14 bits per heavy atom. The molecule has 8 heteroatoms. The fourth-order valence-electron chi connectivity index (χ4n) is 3.79. The minimum absolute atomic E-state index is 0.0319. The van der Waals surface area contributed by atoms with Crippen LogP contribution in [0, 0.1) is 11.8 Å². The monoisotopic (exact) mass is 411 g/mol. The van der Waals surface area contributed by atoms with E-state index in [-0.39, 0.29) is 35.8 Å². The highest BCUT2D eigenvalue weighted by molar-refractivity contribution is 5.94. The van der Waals surface area contributed by atoms with Crippen molar-refractivity contribution in [3.63, 3.8) is 0 Å². The number of piperidine rings is 1. The third-order valence-corrected chi connectivity index (χ3v) is 5.47. The average Bonchev–Trinajstić information content (AvgIpc) is 2.65. The second-order valence-corrected chi connectivity index (χ2v) is 8.50. The van der Waals surface area contributed by atoms with Gasteiger partial charge in [-0.1, -0.05) is 13.3 Å². The first kappa shape index (κ1) is 25.2. The summed E-state index contributed by atoms with van der Waals surface area (Å²) in [7, 11) is 3.98. The standard InChI is InChI=1S/C21H41N5O3/c1-7-17-15-25(21(29)23-16(3)4)13-10-18(17)14-19(27)26(8-2)20(28)22-11-9-12-24(5)6/h16-18H,7-15H2,1-6H3,(H,22,28)(H,23,29). The maximum atomic E-state index is 12.8. The Hall–Kier alpha value is -1.83. The number of carbonyl (C=O) groups excluding carboxylic acids is 3. The van der Waals surface area contributed by atoms with E-state index in [4.69, 9.17) is 0 Å². The van der Waals surface area contributed by atoms with Gasteiger partial charge in [0.25, 0.3) is 0 Å². The summed E-state index contributed by atoms with van der Waals surface area (Å²) in [5.74, 6) is 0.347. The number of hydrogen-bond donors (Lipinski definition) is 2. The fourth-order valence-corrected chi connectivity index (χ4v) is 3.79. The molecule has 1 aliphatic heterocycles. The number of carbonyl (C=O) groups is 3. The summed E-state index contributed by atoms with van der Waals surface area (Å²) in [5, 5.41) is 5.79. The number of rotatable bonds is 9. The molecule has 168 valence electrons. The molecule has 1 heterocycles. The zero-order chi connectivity index (χ0) is 22.0. The van der Waals surface area contributed by atoms with Crippen molar-refractivity contribution in [2.75, 3.05) is 46.8 Å². The molecule has 0 aliphatic carbocycles. The van der Waals surface area contributed by atoms with Gasteiger partial charge in [0.1, 0.15) is 0 Å². The molecule has 1 aliphatic rings. The zero-order valence-corrected chi connectivity index (χ0v) is 19.2. The van der Waals surface area contributed by atoms with E-state index in [1.54, 1.807) is 0 Å². The van der Waals surface area contributed by atoms with Gasteiger partial charge in [-0.15, -0.1) is 0 Å². The predicted octanol–water partition coefficient (Wildman–Crippen LogP) is 2.35. The molecular weight excluding hydrogens is 370 g/mol. The second kappa shape index (κ2) is 12.7. The van der Waals surface area contributed by atoms with Crippen LogP contribution in [0.4, 0.5) is 9.59 Å². The molecule has 8 nitrogen and oxygen atoms in total. The lowest BCUT2D eigenvalue weighted by Gasteiger charge is -2.38. The molecule has 1 fully saturated rings. The molecule has 0 saturated carbocycles. The van der Waals surface area contributed by atoms with Crippen molar-refractivity contribution in [1.82, 2.24) is 25.3 Å². The number of likely N-dealkylation sites (tertiary alicyclic amines) is 1. The van der Waals surface area contributed by atoms with Crippen molar-refractivity contribution in [3.8, 4) is 0 Å². The third kappa shape index (κ3) is 8.60. The molecular formula is C21H41N5O3. The number of nitrogens with zero attached hydrogens (tertiary/aromatic N) is 3. The topological polar surface area (TPSA) is 85.0 Å². The number of imide groups is 1. The summed E-state index contributed by atoms with van der Waals surface area (Å²) in [6.45, 7) is 10.9. The molecule has 0 radical (unpaired) electrons. The van der Waals surface area contributed by atoms with Crippen LogP contribution in [-0.4, -0.2) is 85.5 Å². The SMILES string of the molecule is CCC1CN(C(=O)NC(C)C)CCC1CC(=O)N(CC)C(=O)NCCCN(C)C. The van der Waals surface area contributed by atoms with Crippen LogP contribution in [0.15, 0.2) is 0 Å². The molecule has 2 atom stereocenters. The molecule has 2 N–H and O–H groups in total. The highest BCUT2D eigenvalue weighted by Gasteiger charge is 2.33. The van der Waals surface area contributed by atoms with Gasteiger partial charge in [-0.25, -0.2) is 9.59 Å². The molecule has 0 aromatic heterocycles. The number of nitrogens with one attached hydrogen (secondary N) is 2. The van der Waals surface area contributed by atoms with Crippen LogP contribution in [0.25, 0.3) is 0 Å². The third-order valence-electron chi connectivity index (χ3n) is 5.47. The Kier molecular flexibility index (Phi) is 11.0. The highest BCUT2D eigenvalue weighted by Crippen LogP contribution is 2.29. The molecule has 0 spiro atoms. The van der Waals surface area contributed by atoms with Crippen molar-refractivity contribution in [1.29, 1.82) is 0 Å². The smallest absolute Gasteiger partial charge is 0.324 e. The summed E-state index contributed by atoms with van der Waals surface area (Å²) in [5.41, 5.74) is 0. The van der Waals surface area contributed by atoms with Crippen LogP contribution in [0.5, 0.6) is 0 Å². The van der Waals surface area contributed by atoms with E-state index in [9.17, 15) is 14.4 Å². The van der Waals surface area contributed by atoms with Crippen molar-refractivity contribution in [2.45, 2.75) is 59.4 Å². The first-order chi connectivity index (χ1) is 13.7. The molecule has 0 bridgehead atoms. The molecule has 0 aromatic carbocycles. The summed E-state index contributed by atoms with van der Waals surface area (Å²) in [4.78, 5) is 42.8. The Morgan fingerprint density at radius 2 is 1.83 bits per heavy atom. The van der Waals surface area contributed by atoms with Crippen LogP contribution in [0.2, 0.25) is 0 Å². The van der Waals surface area contributed by atoms with Crippen LogP contribution in [0.1, 0.15) is 53.4 Å². The average molecular weight is 412 g/mol. The highest BCUT2D eigenvalue weighted by atomic mass is 16.2. The quantitative estimate of drug-likeness (QED) is 0.571. The Morgan fingerprint density at radius 3 is 2.38 bits per heavy atom. The largest absolute Gasteiger partial charge is 0.338 e. The van der Waals surface area contributed by atoms with Gasteiger partial charge >= 0.3 is 12.1 Å². The zero-order valence-electron chi connectivity index (χ0n) is 19.2. The Bertz CT molecular complexity index is 538. The molecule has 1 rings (SSSR count). The van der Waals surface area contributed by atoms with Crippen LogP contribution < -0.4 is 10.6 Å². The van der Waals surface area contributed by atoms with Crippen LogP contribution in [0.3, 0.4) is 0 Å². The van der Waals surface area contributed by atoms with Crippen molar-refractivity contribution in [3.05, 3.63) is 0 Å². The lowest BCUT2D eigenvalue weighted by atomic mass is 9.81. The second-order valence-electron chi connectivity index (χ2n) is 8.50. The van der Waals surface area contributed by atoms with Crippen molar-refractivity contribution >= 4 is 18.0 Å². The minimum Gasteiger partial charge on any atom is -0.338 e. The van der Waals surface area contributed by atoms with E-state index in [1.807, 2.05) is 39.8 Å². The number of hydrogen-bond acceptors (Lipinski definition) is 4. The molecule has 5 amide bonds. The van der Waals surface area contributed by atoms with E-state index in [2.05, 4.69) is 22.5 Å². The summed E-state index contributed by atoms with van der Waals surface area (Å²) < 4.78 is 0. The molecule has 0 aromatic rings. The van der Waals surface area contributed by atoms with E-state index in [1.165, 1.54) is 4.90 Å². The Balaban J connectivity index is 2.57. The van der Waals surface area contributed by atoms with E-state index < -0.39 is 0 Å². The van der Waals surface area contributed by atoms with Gasteiger partial charge in [-0.05, 0) is 66.1 Å². The van der Waals surface area contributed by atoms with Gasteiger partial charge in [-0.3, -0.25) is 9.69 Å². The van der Waals surface area contributed by atoms with Crippen molar-refractivity contribution in [2.24, 2.45) is 11.8 Å². The van der Waals surface area contributed by atoms with Gasteiger partial charge in [0, 0.05) is 38.6 Å². The summed E-state index contributed by atoms with van der Waals surface area (Å²) in [6.07, 6.45) is 2.90. The van der Waals surface area contributed by atoms with E-state index in [0.717, 1.165) is 25.8 Å². The first-order valence-corrected chi connectivity index (χ1v) is 11.0. The fraction of sp³-hybridized carbons (Fsp3) is 0.857. The number of urea groups is 2. The first-order valence-electron chi connectivity index (χ1n) is 11.0. The van der Waals surface area contributed by atoms with Crippen LogP contribution >= 0.6 is 0 Å². The van der Waals surface area contributed by atoms with Gasteiger partial charge in [0.2, 0.25) is 5.91 Å². The molecule has 2 unspecified atom stereocenters. The van der Waals surface area contributed by atoms with E-state index >= 15 is 0 Å². The van der Waals surface area contributed by atoms with Gasteiger partial charge < -0.3 is 20.4 Å². The Labute approximate surface area is 176 Å². The van der Waals surface area contributed by atoms with Gasteiger partial charge in [0.15, 0.2) is 0 Å². The normalized spacial score (nSPS) is 19.4. The summed E-state index contributed by atoms with van der Waals surface area (Å²) >= 11 is 0. The minimum atomic E-state index is -0.307. The van der Waals surface area contributed by atoms with E-state index in [0.29, 0.717) is 32.6 Å². The van der Waals surface area contributed by atoms with Gasteiger partial charge in [0.05, 0.1) is 0 Å². The molecule has 1 saturated heterocycles.